The molecule has 1 saturated heterocycles. The Hall–Kier alpha value is -0.990. The number of ether oxygens (including phenoxy) is 1. The average Bonchev–Trinajstić information content (AvgIpc) is 3.18. The molecule has 40 heavy (non-hydrogen) atoms. The first kappa shape index (κ1) is 37.0. The topological polar surface area (TPSA) is 29.5 Å². The lowest BCUT2D eigenvalue weighted by Crippen LogP contribution is -2.40. The highest BCUT2D eigenvalue weighted by Gasteiger charge is 2.25. The lowest BCUT2D eigenvalue weighted by atomic mass is 9.98. The highest BCUT2D eigenvalue weighted by atomic mass is 16.6. The van der Waals surface area contributed by atoms with Gasteiger partial charge in [0.1, 0.15) is 0 Å². The van der Waals surface area contributed by atoms with Crippen molar-refractivity contribution < 1.29 is 9.53 Å². The molecule has 1 amide bonds. The van der Waals surface area contributed by atoms with Crippen molar-refractivity contribution in [2.75, 3.05) is 13.2 Å². The van der Waals surface area contributed by atoms with E-state index in [2.05, 4.69) is 30.9 Å². The van der Waals surface area contributed by atoms with Gasteiger partial charge >= 0.3 is 6.09 Å². The van der Waals surface area contributed by atoms with Crippen LogP contribution in [0.15, 0.2) is 12.2 Å². The molecule has 0 aliphatic carbocycles. The van der Waals surface area contributed by atoms with E-state index in [4.69, 9.17) is 4.74 Å². The van der Waals surface area contributed by atoms with E-state index < -0.39 is 0 Å². The summed E-state index contributed by atoms with van der Waals surface area (Å²) in [5, 5.41) is 0. The van der Waals surface area contributed by atoms with E-state index in [9.17, 15) is 4.79 Å². The molecule has 0 spiro atoms. The van der Waals surface area contributed by atoms with Crippen molar-refractivity contribution in [2.24, 2.45) is 0 Å². The summed E-state index contributed by atoms with van der Waals surface area (Å²) in [7, 11) is 0. The van der Waals surface area contributed by atoms with Crippen LogP contribution in [-0.2, 0) is 4.74 Å². The van der Waals surface area contributed by atoms with Crippen LogP contribution in [0.2, 0.25) is 0 Å². The Labute approximate surface area is 251 Å². The predicted octanol–water partition coefficient (Wildman–Crippen LogP) is 12.7. The molecule has 3 nitrogen and oxygen atoms in total. The SMILES string of the molecule is CCCCCCCC/C=C\CCCCCCCC(CCCCCCCCCCCCCC)N1CCCCOC1=O. The average molecular weight is 562 g/mol. The lowest BCUT2D eigenvalue weighted by Gasteiger charge is -2.30. The molecule has 1 atom stereocenters. The van der Waals surface area contributed by atoms with E-state index in [1.807, 2.05) is 0 Å². The maximum Gasteiger partial charge on any atom is 0.410 e. The number of hydrogen-bond donors (Lipinski definition) is 0. The molecular formula is C37H71NO2. The summed E-state index contributed by atoms with van der Waals surface area (Å²) in [6.45, 7) is 6.08. The molecule has 1 unspecified atom stereocenters. The predicted molar refractivity (Wildman–Crippen MR) is 176 cm³/mol. The minimum absolute atomic E-state index is 0.0471. The summed E-state index contributed by atoms with van der Waals surface area (Å²) in [4.78, 5) is 14.7. The summed E-state index contributed by atoms with van der Waals surface area (Å²) in [6.07, 6.45) is 43.3. The maximum absolute atomic E-state index is 12.6. The summed E-state index contributed by atoms with van der Waals surface area (Å²) in [6, 6.07) is 0.388. The second kappa shape index (κ2) is 29.5. The van der Waals surface area contributed by atoms with Gasteiger partial charge in [-0.25, -0.2) is 4.79 Å². The van der Waals surface area contributed by atoms with Gasteiger partial charge in [0, 0.05) is 12.6 Å². The van der Waals surface area contributed by atoms with Crippen molar-refractivity contribution in [1.29, 1.82) is 0 Å². The Morgan fingerprint density at radius 1 is 0.575 bits per heavy atom. The van der Waals surface area contributed by atoms with Gasteiger partial charge in [-0.2, -0.15) is 0 Å². The number of rotatable bonds is 29. The molecule has 1 rings (SSSR count). The molecule has 1 heterocycles. The van der Waals surface area contributed by atoms with E-state index in [1.54, 1.807) is 0 Å². The highest BCUT2D eigenvalue weighted by molar-refractivity contribution is 5.68. The Morgan fingerprint density at radius 3 is 1.43 bits per heavy atom. The third-order valence-electron chi connectivity index (χ3n) is 8.88. The van der Waals surface area contributed by atoms with E-state index in [1.165, 1.54) is 161 Å². The van der Waals surface area contributed by atoms with Crippen LogP contribution < -0.4 is 0 Å². The fraction of sp³-hybridized carbons (Fsp3) is 0.919. The van der Waals surface area contributed by atoms with E-state index in [0.717, 1.165) is 32.2 Å². The minimum atomic E-state index is -0.0471. The zero-order valence-corrected chi connectivity index (χ0v) is 27.4. The Kier molecular flexibility index (Phi) is 27.3. The lowest BCUT2D eigenvalue weighted by molar-refractivity contribution is 0.0949. The smallest absolute Gasteiger partial charge is 0.410 e. The number of hydrogen-bond acceptors (Lipinski definition) is 2. The Morgan fingerprint density at radius 2 is 0.975 bits per heavy atom. The molecule has 236 valence electrons. The van der Waals surface area contributed by atoms with Gasteiger partial charge in [0.15, 0.2) is 0 Å². The molecule has 0 N–H and O–H groups in total. The standard InChI is InChI=1S/C37H71NO2/c1-3-5-7-9-11-13-15-17-18-19-21-23-25-27-29-33-36(38-34-30-31-35-40-37(38)39)32-28-26-24-22-20-16-14-12-10-8-6-4-2/h17-18,36H,3-16,19-35H2,1-2H3/b18-17-. The van der Waals surface area contributed by atoms with Gasteiger partial charge in [-0.05, 0) is 51.4 Å². The molecule has 0 aromatic rings. The van der Waals surface area contributed by atoms with Gasteiger partial charge in [0.2, 0.25) is 0 Å². The first-order valence-electron chi connectivity index (χ1n) is 18.4. The Balaban J connectivity index is 2.12. The highest BCUT2D eigenvalue weighted by Crippen LogP contribution is 2.22. The molecule has 1 aliphatic heterocycles. The summed E-state index contributed by atoms with van der Waals surface area (Å²) < 4.78 is 5.52. The van der Waals surface area contributed by atoms with Crippen LogP contribution in [0.5, 0.6) is 0 Å². The van der Waals surface area contributed by atoms with E-state index >= 15 is 0 Å². The van der Waals surface area contributed by atoms with Crippen molar-refractivity contribution in [3.05, 3.63) is 12.2 Å². The van der Waals surface area contributed by atoms with Gasteiger partial charge < -0.3 is 9.64 Å². The first-order chi connectivity index (χ1) is 19.8. The van der Waals surface area contributed by atoms with Crippen LogP contribution in [0.4, 0.5) is 4.79 Å². The van der Waals surface area contributed by atoms with Crippen molar-refractivity contribution >= 4 is 6.09 Å². The summed E-state index contributed by atoms with van der Waals surface area (Å²) in [5.41, 5.74) is 0. The molecule has 1 aliphatic rings. The zero-order valence-electron chi connectivity index (χ0n) is 27.4. The fourth-order valence-electron chi connectivity index (χ4n) is 6.18. The number of allylic oxidation sites excluding steroid dienone is 2. The molecular weight excluding hydrogens is 490 g/mol. The quantitative estimate of drug-likeness (QED) is 0.0671. The maximum atomic E-state index is 12.6. The second-order valence-electron chi connectivity index (χ2n) is 12.7. The van der Waals surface area contributed by atoms with Gasteiger partial charge in [0.05, 0.1) is 6.61 Å². The largest absolute Gasteiger partial charge is 0.449 e. The van der Waals surface area contributed by atoms with Crippen LogP contribution in [0.3, 0.4) is 0 Å². The van der Waals surface area contributed by atoms with E-state index in [-0.39, 0.29) is 6.09 Å². The molecule has 3 heteroatoms. The minimum Gasteiger partial charge on any atom is -0.449 e. The zero-order chi connectivity index (χ0) is 28.8. The number of cyclic esters (lactones) is 1. The third kappa shape index (κ3) is 22.7. The molecule has 0 radical (unpaired) electrons. The van der Waals surface area contributed by atoms with Crippen molar-refractivity contribution in [3.63, 3.8) is 0 Å². The third-order valence-corrected chi connectivity index (χ3v) is 8.88. The van der Waals surface area contributed by atoms with E-state index in [0.29, 0.717) is 12.6 Å². The second-order valence-corrected chi connectivity index (χ2v) is 12.7. The molecule has 0 bridgehead atoms. The fourth-order valence-corrected chi connectivity index (χ4v) is 6.18. The number of nitrogens with zero attached hydrogens (tertiary/aromatic N) is 1. The number of carbonyl (C=O) groups excluding carboxylic acids is 1. The van der Waals surface area contributed by atoms with Crippen molar-refractivity contribution in [3.8, 4) is 0 Å². The van der Waals surface area contributed by atoms with Gasteiger partial charge in [-0.3, -0.25) is 0 Å². The van der Waals surface area contributed by atoms with Crippen LogP contribution in [-0.4, -0.2) is 30.2 Å². The Bertz CT molecular complexity index is 560. The van der Waals surface area contributed by atoms with Crippen LogP contribution in [0.1, 0.15) is 200 Å². The van der Waals surface area contributed by atoms with Gasteiger partial charge in [0.25, 0.3) is 0 Å². The summed E-state index contributed by atoms with van der Waals surface area (Å²) in [5.74, 6) is 0. The molecule has 1 fully saturated rings. The number of amides is 1. The molecule has 0 saturated carbocycles. The number of unbranched alkanes of at least 4 members (excludes halogenated alkanes) is 22. The van der Waals surface area contributed by atoms with Crippen LogP contribution >= 0.6 is 0 Å². The van der Waals surface area contributed by atoms with Gasteiger partial charge in [-0.1, -0.05) is 161 Å². The first-order valence-corrected chi connectivity index (χ1v) is 18.4. The van der Waals surface area contributed by atoms with Crippen LogP contribution in [0.25, 0.3) is 0 Å². The monoisotopic (exact) mass is 562 g/mol. The van der Waals surface area contributed by atoms with Crippen LogP contribution in [0, 0.1) is 0 Å². The van der Waals surface area contributed by atoms with Crippen molar-refractivity contribution in [2.45, 2.75) is 206 Å². The number of carbonyl (C=O) groups is 1. The van der Waals surface area contributed by atoms with Gasteiger partial charge in [-0.15, -0.1) is 0 Å². The molecule has 0 aromatic carbocycles. The van der Waals surface area contributed by atoms with Crippen molar-refractivity contribution in [1.82, 2.24) is 4.90 Å². The summed E-state index contributed by atoms with van der Waals surface area (Å²) >= 11 is 0. The normalized spacial score (nSPS) is 15.1. The molecule has 0 aromatic heterocycles.